The molecule has 0 atom stereocenters. The van der Waals surface area contributed by atoms with E-state index in [9.17, 15) is 0 Å². The predicted octanol–water partition coefficient (Wildman–Crippen LogP) is -1.07. The van der Waals surface area contributed by atoms with Gasteiger partial charge >= 0.3 is 41.3 Å². The van der Waals surface area contributed by atoms with Gasteiger partial charge in [0.1, 0.15) is 0 Å². The van der Waals surface area contributed by atoms with Crippen molar-refractivity contribution >= 4 is 8.92 Å². The van der Waals surface area contributed by atoms with E-state index in [4.69, 9.17) is 0 Å². The molecule has 4 heteroatoms. The Kier molecular flexibility index (Phi) is 14.2. The molecule has 0 saturated carbocycles. The number of hydrogen-bond acceptors (Lipinski definition) is 1. The van der Waals surface area contributed by atoms with Crippen molar-refractivity contribution in [2.75, 3.05) is 0 Å². The average molecular weight is 429 g/mol. The first-order valence-electron chi connectivity index (χ1n) is 7.34. The van der Waals surface area contributed by atoms with Crippen molar-refractivity contribution < 1.29 is 49.0 Å². The van der Waals surface area contributed by atoms with Crippen LogP contribution in [0.25, 0.3) is 0 Å². The van der Waals surface area contributed by atoms with Gasteiger partial charge in [-0.3, -0.25) is 11.1 Å². The van der Waals surface area contributed by atoms with Crippen LogP contribution in [0.5, 0.6) is 0 Å². The van der Waals surface area contributed by atoms with Crippen LogP contribution in [0.3, 0.4) is 0 Å². The molecule has 3 aliphatic rings. The fraction of sp³-hybridized carbons (Fsp3) is 0.368. The van der Waals surface area contributed by atoms with Crippen molar-refractivity contribution in [3.8, 4) is 0 Å². The van der Waals surface area contributed by atoms with Gasteiger partial charge in [-0.2, -0.15) is 11.6 Å². The van der Waals surface area contributed by atoms with E-state index in [2.05, 4.69) is 63.1 Å². The van der Waals surface area contributed by atoms with E-state index in [0.717, 1.165) is 17.8 Å². The standard InChI is InChI=1S/C8H7N.C8H11.C3H6.2ClH.Zr/c1-6-5-7-3-2-4-8(7)9-6;1-7(2)8-5-3-4-6-8;1-3-2;;;/h2-5H,1H3;5-7H,3H2,1-2H3;1-2H3;2*1H;/q;-1;;;;+2/p-2. The number of aliphatic imine (C=N–C) groups is 1. The Bertz CT molecular complexity index is 572. The molecule has 0 aromatic carbocycles. The van der Waals surface area contributed by atoms with Crippen molar-refractivity contribution in [1.82, 2.24) is 0 Å². The van der Waals surface area contributed by atoms with Crippen LogP contribution < -0.4 is 24.8 Å². The molecule has 1 nitrogen and oxygen atoms in total. The topological polar surface area (TPSA) is 12.4 Å². The first kappa shape index (κ1) is 24.9. The van der Waals surface area contributed by atoms with Crippen LogP contribution in [0, 0.1) is 12.0 Å². The van der Waals surface area contributed by atoms with Crippen molar-refractivity contribution in [3.63, 3.8) is 0 Å². The summed E-state index contributed by atoms with van der Waals surface area (Å²) in [7, 11) is 0. The van der Waals surface area contributed by atoms with Gasteiger partial charge in [0.05, 0.1) is 5.70 Å². The molecule has 0 unspecified atom stereocenters. The van der Waals surface area contributed by atoms with Gasteiger partial charge in [-0.15, -0.1) is 6.42 Å². The van der Waals surface area contributed by atoms with Crippen LogP contribution in [-0.2, 0) is 24.2 Å². The maximum Gasteiger partial charge on any atom is -1.00 e. The zero-order chi connectivity index (χ0) is 15.8. The third-order valence-corrected chi connectivity index (χ3v) is 2.88. The SMILES string of the molecule is CC(C)C1=CC[C-]=C1.CC1=NC2=CC=CC2=C1.C[C](C)=[Zr+2].[Cl-].[Cl-]. The molecule has 3 rings (SSSR count). The molecular weight excluding hydrogens is 404 g/mol. The quantitative estimate of drug-likeness (QED) is 0.472. The van der Waals surface area contributed by atoms with Crippen molar-refractivity contribution in [1.29, 1.82) is 0 Å². The van der Waals surface area contributed by atoms with E-state index >= 15 is 0 Å². The summed E-state index contributed by atoms with van der Waals surface area (Å²) in [6.45, 7) is 10.7. The van der Waals surface area contributed by atoms with Crippen LogP contribution >= 0.6 is 0 Å². The number of halogens is 2. The summed E-state index contributed by atoms with van der Waals surface area (Å²) in [6, 6.07) is 0. The largest absolute Gasteiger partial charge is 1.00 e. The average Bonchev–Trinajstić information content (AvgIpc) is 3.02. The summed E-state index contributed by atoms with van der Waals surface area (Å²) in [5, 5.41) is 0. The molecule has 0 saturated heterocycles. The van der Waals surface area contributed by atoms with E-state index < -0.39 is 0 Å². The fourth-order valence-electron chi connectivity index (χ4n) is 1.91. The van der Waals surface area contributed by atoms with Gasteiger partial charge < -0.3 is 24.8 Å². The monoisotopic (exact) mass is 426 g/mol. The van der Waals surface area contributed by atoms with Gasteiger partial charge in [-0.25, -0.2) is 6.08 Å². The molecule has 2 aliphatic carbocycles. The fourth-order valence-corrected chi connectivity index (χ4v) is 1.91. The molecule has 0 bridgehead atoms. The van der Waals surface area contributed by atoms with E-state index in [1.54, 1.807) is 24.2 Å². The Balaban J connectivity index is 0. The first-order valence-corrected chi connectivity index (χ1v) is 8.57. The normalized spacial score (nSPS) is 15.7. The third-order valence-electron chi connectivity index (χ3n) is 2.88. The second-order valence-electron chi connectivity index (χ2n) is 5.68. The number of allylic oxidation sites excluding steroid dienone is 8. The molecule has 0 amide bonds. The molecule has 1 heterocycles. The molecule has 1 aliphatic heterocycles. The second kappa shape index (κ2) is 13.0. The number of fused-ring (bicyclic) bond motifs is 1. The van der Waals surface area contributed by atoms with Gasteiger partial charge in [0, 0.05) is 11.3 Å². The van der Waals surface area contributed by atoms with Crippen molar-refractivity contribution in [2.45, 2.75) is 41.0 Å². The van der Waals surface area contributed by atoms with Gasteiger partial charge in [0.25, 0.3) is 0 Å². The minimum absolute atomic E-state index is 0. The number of nitrogens with zero attached hydrogens (tertiary/aromatic N) is 1. The summed E-state index contributed by atoms with van der Waals surface area (Å²) < 4.78 is 1.51. The van der Waals surface area contributed by atoms with E-state index in [1.165, 1.54) is 14.4 Å². The Labute approximate surface area is 168 Å². The molecule has 0 radical (unpaired) electrons. The summed E-state index contributed by atoms with van der Waals surface area (Å²) in [5.74, 6) is 0.685. The zero-order valence-electron chi connectivity index (χ0n) is 14.5. The minimum atomic E-state index is 0. The zero-order valence-corrected chi connectivity index (χ0v) is 18.4. The number of hydrogen-bond donors (Lipinski definition) is 0. The van der Waals surface area contributed by atoms with Gasteiger partial charge in [0.2, 0.25) is 0 Å². The Morgan fingerprint density at radius 2 is 1.87 bits per heavy atom. The van der Waals surface area contributed by atoms with Gasteiger partial charge in [0.15, 0.2) is 0 Å². The summed E-state index contributed by atoms with van der Waals surface area (Å²) >= 11 is 1.55. The van der Waals surface area contributed by atoms with E-state index in [0.29, 0.717) is 5.92 Å². The van der Waals surface area contributed by atoms with Crippen molar-refractivity contribution in [2.24, 2.45) is 10.9 Å². The minimum Gasteiger partial charge on any atom is -1.00 e. The van der Waals surface area contributed by atoms with Crippen LogP contribution in [0.1, 0.15) is 41.0 Å². The number of rotatable bonds is 1. The molecule has 0 aromatic rings. The molecule has 0 spiro atoms. The van der Waals surface area contributed by atoms with Crippen LogP contribution in [0.15, 0.2) is 58.3 Å². The Morgan fingerprint density at radius 1 is 1.26 bits per heavy atom. The maximum atomic E-state index is 4.27. The molecule has 23 heavy (non-hydrogen) atoms. The maximum absolute atomic E-state index is 4.27. The van der Waals surface area contributed by atoms with Gasteiger partial charge in [-0.1, -0.05) is 31.9 Å². The summed E-state index contributed by atoms with van der Waals surface area (Å²) in [6.07, 6.45) is 16.7. The Hall–Kier alpha value is -0.297. The Morgan fingerprint density at radius 3 is 2.26 bits per heavy atom. The van der Waals surface area contributed by atoms with E-state index in [-0.39, 0.29) is 24.8 Å². The second-order valence-corrected chi connectivity index (χ2v) is 8.13. The molecule has 124 valence electrons. The van der Waals surface area contributed by atoms with Gasteiger partial charge in [-0.05, 0) is 19.1 Å². The smallest absolute Gasteiger partial charge is 1.00 e. The molecule has 0 N–H and O–H groups in total. The van der Waals surface area contributed by atoms with E-state index in [1.807, 2.05) is 19.1 Å². The third kappa shape index (κ3) is 10.2. The molecule has 0 fully saturated rings. The predicted molar refractivity (Wildman–Crippen MR) is 90.1 cm³/mol. The van der Waals surface area contributed by atoms with Crippen LogP contribution in [-0.4, -0.2) is 8.92 Å². The first-order chi connectivity index (χ1) is 9.90. The summed E-state index contributed by atoms with van der Waals surface area (Å²) in [4.78, 5) is 4.27. The molecular formula is C19H24Cl2NZr-. The molecule has 0 aromatic heterocycles. The summed E-state index contributed by atoms with van der Waals surface area (Å²) in [5.41, 5.74) is 4.92. The van der Waals surface area contributed by atoms with Crippen LogP contribution in [0.2, 0.25) is 0 Å². The van der Waals surface area contributed by atoms with Crippen molar-refractivity contribution in [3.05, 3.63) is 59.4 Å². The van der Waals surface area contributed by atoms with Crippen LogP contribution in [0.4, 0.5) is 0 Å².